The molecule has 3 heteroatoms. The molecule has 0 aliphatic heterocycles. The Morgan fingerprint density at radius 3 is 2.55 bits per heavy atom. The SMILES string of the molecule is N=Cc1ccccc1C(=O)O. The summed E-state index contributed by atoms with van der Waals surface area (Å²) in [5.41, 5.74) is 0.600. The summed E-state index contributed by atoms with van der Waals surface area (Å²) in [7, 11) is 0. The van der Waals surface area contributed by atoms with E-state index in [9.17, 15) is 4.79 Å². The molecule has 56 valence electrons. The van der Waals surface area contributed by atoms with Gasteiger partial charge in [0.15, 0.2) is 0 Å². The van der Waals surface area contributed by atoms with E-state index in [2.05, 4.69) is 0 Å². The predicted molar refractivity (Wildman–Crippen MR) is 41.3 cm³/mol. The minimum atomic E-state index is -0.996. The van der Waals surface area contributed by atoms with Crippen molar-refractivity contribution < 1.29 is 9.90 Å². The molecule has 3 nitrogen and oxygen atoms in total. The average molecular weight is 149 g/mol. The fourth-order valence-electron chi connectivity index (χ4n) is 0.818. The van der Waals surface area contributed by atoms with E-state index < -0.39 is 5.97 Å². The van der Waals surface area contributed by atoms with Crippen LogP contribution in [-0.2, 0) is 0 Å². The zero-order chi connectivity index (χ0) is 8.27. The number of aromatic carboxylic acids is 1. The largest absolute Gasteiger partial charge is 0.478 e. The van der Waals surface area contributed by atoms with Crippen molar-refractivity contribution >= 4 is 12.2 Å². The van der Waals surface area contributed by atoms with Crippen LogP contribution in [-0.4, -0.2) is 17.3 Å². The number of carboxylic acids is 1. The highest BCUT2D eigenvalue weighted by molar-refractivity contribution is 5.97. The first kappa shape index (κ1) is 7.47. The van der Waals surface area contributed by atoms with Crippen LogP contribution in [0.15, 0.2) is 24.3 Å². The molecule has 1 rings (SSSR count). The van der Waals surface area contributed by atoms with Gasteiger partial charge in [0.1, 0.15) is 0 Å². The Bertz CT molecular complexity index is 294. The molecule has 1 aromatic carbocycles. The molecule has 0 fully saturated rings. The van der Waals surface area contributed by atoms with E-state index in [0.717, 1.165) is 6.21 Å². The molecule has 0 aliphatic carbocycles. The van der Waals surface area contributed by atoms with E-state index in [1.54, 1.807) is 18.2 Å². The van der Waals surface area contributed by atoms with Gasteiger partial charge in [-0.15, -0.1) is 0 Å². The molecule has 11 heavy (non-hydrogen) atoms. The molecule has 0 saturated heterocycles. The molecule has 2 N–H and O–H groups in total. The Balaban J connectivity index is 3.22. The standard InChI is InChI=1S/C8H7NO2/c9-5-6-3-1-2-4-7(6)8(10)11/h1-5,9H,(H,10,11). The molecule has 0 aliphatic rings. The quantitative estimate of drug-likeness (QED) is 0.624. The number of rotatable bonds is 2. The summed E-state index contributed by atoms with van der Waals surface area (Å²) < 4.78 is 0. The Morgan fingerprint density at radius 2 is 2.09 bits per heavy atom. The van der Waals surface area contributed by atoms with E-state index in [1.807, 2.05) is 0 Å². The Hall–Kier alpha value is -1.64. The minimum Gasteiger partial charge on any atom is -0.478 e. The second-order valence-electron chi connectivity index (χ2n) is 2.04. The maximum atomic E-state index is 10.5. The molecule has 0 atom stereocenters. The van der Waals surface area contributed by atoms with Crippen LogP contribution >= 0.6 is 0 Å². The van der Waals surface area contributed by atoms with Crippen LogP contribution in [0.25, 0.3) is 0 Å². The molecule has 0 unspecified atom stereocenters. The van der Waals surface area contributed by atoms with Gasteiger partial charge in [0, 0.05) is 11.8 Å². The number of hydrogen-bond acceptors (Lipinski definition) is 2. The van der Waals surface area contributed by atoms with Gasteiger partial charge < -0.3 is 10.5 Å². The Kier molecular flexibility index (Phi) is 2.01. The molecule has 0 heterocycles. The number of hydrogen-bond donors (Lipinski definition) is 2. The molecular weight excluding hydrogens is 142 g/mol. The lowest BCUT2D eigenvalue weighted by atomic mass is 10.1. The van der Waals surface area contributed by atoms with Gasteiger partial charge in [-0.25, -0.2) is 4.79 Å². The van der Waals surface area contributed by atoms with Gasteiger partial charge in [-0.3, -0.25) is 0 Å². The molecule has 1 aromatic rings. The summed E-state index contributed by atoms with van der Waals surface area (Å²) in [5, 5.41) is 15.5. The van der Waals surface area contributed by atoms with Crippen molar-refractivity contribution in [2.75, 3.05) is 0 Å². The second kappa shape index (κ2) is 2.96. The first-order chi connectivity index (χ1) is 5.25. The van der Waals surface area contributed by atoms with E-state index >= 15 is 0 Å². The molecule has 0 aromatic heterocycles. The maximum absolute atomic E-state index is 10.5. The van der Waals surface area contributed by atoms with Crippen LogP contribution in [0, 0.1) is 5.41 Å². The van der Waals surface area contributed by atoms with Crippen molar-refractivity contribution in [2.24, 2.45) is 0 Å². The van der Waals surface area contributed by atoms with Crippen molar-refractivity contribution in [3.05, 3.63) is 35.4 Å². The van der Waals surface area contributed by atoms with Crippen LogP contribution < -0.4 is 0 Å². The lowest BCUT2D eigenvalue weighted by molar-refractivity contribution is 0.0697. The number of benzene rings is 1. The van der Waals surface area contributed by atoms with Gasteiger partial charge in [-0.05, 0) is 6.07 Å². The Labute approximate surface area is 63.8 Å². The molecule has 0 saturated carbocycles. The fourth-order valence-corrected chi connectivity index (χ4v) is 0.818. The average Bonchev–Trinajstić information content (AvgIpc) is 2.04. The van der Waals surface area contributed by atoms with Gasteiger partial charge in [0.05, 0.1) is 5.56 Å². The van der Waals surface area contributed by atoms with E-state index in [0.29, 0.717) is 5.56 Å². The predicted octanol–water partition coefficient (Wildman–Crippen LogP) is 1.38. The monoisotopic (exact) mass is 149 g/mol. The molecular formula is C8H7NO2. The van der Waals surface area contributed by atoms with Crippen LogP contribution in [0.5, 0.6) is 0 Å². The summed E-state index contributed by atoms with van der Waals surface area (Å²) in [6, 6.07) is 6.41. The topological polar surface area (TPSA) is 61.2 Å². The lowest BCUT2D eigenvalue weighted by Crippen LogP contribution is -2.00. The van der Waals surface area contributed by atoms with Crippen LogP contribution in [0.3, 0.4) is 0 Å². The van der Waals surface area contributed by atoms with Gasteiger partial charge in [0.25, 0.3) is 0 Å². The smallest absolute Gasteiger partial charge is 0.336 e. The van der Waals surface area contributed by atoms with Gasteiger partial charge in [-0.1, -0.05) is 18.2 Å². The Morgan fingerprint density at radius 1 is 1.45 bits per heavy atom. The third-order valence-electron chi connectivity index (χ3n) is 1.35. The van der Waals surface area contributed by atoms with Gasteiger partial charge in [0.2, 0.25) is 0 Å². The van der Waals surface area contributed by atoms with Crippen LogP contribution in [0.4, 0.5) is 0 Å². The molecule has 0 bridgehead atoms. The van der Waals surface area contributed by atoms with Crippen molar-refractivity contribution in [1.29, 1.82) is 5.41 Å². The third kappa shape index (κ3) is 1.43. The zero-order valence-corrected chi connectivity index (χ0v) is 5.74. The minimum absolute atomic E-state index is 0.169. The van der Waals surface area contributed by atoms with Crippen LogP contribution in [0.2, 0.25) is 0 Å². The normalized spacial score (nSPS) is 9.09. The van der Waals surface area contributed by atoms with Gasteiger partial charge in [-0.2, -0.15) is 0 Å². The summed E-state index contributed by atoms with van der Waals surface area (Å²) in [6.07, 6.45) is 1.03. The number of carboxylic acid groups (broad SMARTS) is 1. The third-order valence-corrected chi connectivity index (χ3v) is 1.35. The number of carbonyl (C=O) groups is 1. The first-order valence-corrected chi connectivity index (χ1v) is 3.08. The lowest BCUT2D eigenvalue weighted by Gasteiger charge is -1.96. The van der Waals surface area contributed by atoms with E-state index in [-0.39, 0.29) is 5.56 Å². The molecule has 0 spiro atoms. The van der Waals surface area contributed by atoms with E-state index in [4.69, 9.17) is 10.5 Å². The molecule has 0 amide bonds. The first-order valence-electron chi connectivity index (χ1n) is 3.08. The van der Waals surface area contributed by atoms with Crippen molar-refractivity contribution in [2.45, 2.75) is 0 Å². The van der Waals surface area contributed by atoms with Crippen molar-refractivity contribution in [1.82, 2.24) is 0 Å². The summed E-state index contributed by atoms with van der Waals surface area (Å²) in [5.74, 6) is -0.996. The zero-order valence-electron chi connectivity index (χ0n) is 5.74. The van der Waals surface area contributed by atoms with Gasteiger partial charge >= 0.3 is 5.97 Å². The second-order valence-corrected chi connectivity index (χ2v) is 2.04. The van der Waals surface area contributed by atoms with Crippen molar-refractivity contribution in [3.63, 3.8) is 0 Å². The van der Waals surface area contributed by atoms with Crippen molar-refractivity contribution in [3.8, 4) is 0 Å². The maximum Gasteiger partial charge on any atom is 0.336 e. The molecule has 0 radical (unpaired) electrons. The van der Waals surface area contributed by atoms with E-state index in [1.165, 1.54) is 6.07 Å². The highest BCUT2D eigenvalue weighted by atomic mass is 16.4. The highest BCUT2D eigenvalue weighted by Gasteiger charge is 2.05. The fraction of sp³-hybridized carbons (Fsp3) is 0. The summed E-state index contributed by atoms with van der Waals surface area (Å²) in [6.45, 7) is 0. The number of nitrogens with one attached hydrogen (secondary N) is 1. The summed E-state index contributed by atoms with van der Waals surface area (Å²) >= 11 is 0. The summed E-state index contributed by atoms with van der Waals surface area (Å²) in [4.78, 5) is 10.5. The highest BCUT2D eigenvalue weighted by Crippen LogP contribution is 2.04. The van der Waals surface area contributed by atoms with Crippen LogP contribution in [0.1, 0.15) is 15.9 Å².